The molecule has 1 atom stereocenters. The van der Waals surface area contributed by atoms with E-state index in [1.54, 1.807) is 10.4 Å². The SMILES string of the molecule is CCCC1CCCCN1S(=O)(=O)c1cnccc1NN. The summed E-state index contributed by atoms with van der Waals surface area (Å²) in [5.74, 6) is 5.41. The normalized spacial score (nSPS) is 20.8. The lowest BCUT2D eigenvalue weighted by Gasteiger charge is -2.34. The summed E-state index contributed by atoms with van der Waals surface area (Å²) in [5, 5.41) is 0. The number of hydrogen-bond donors (Lipinski definition) is 2. The summed E-state index contributed by atoms with van der Waals surface area (Å²) in [7, 11) is -3.55. The quantitative estimate of drug-likeness (QED) is 0.638. The molecule has 112 valence electrons. The molecule has 1 unspecified atom stereocenters. The highest BCUT2D eigenvalue weighted by Crippen LogP contribution is 2.30. The number of aromatic nitrogens is 1. The van der Waals surface area contributed by atoms with E-state index in [0.29, 0.717) is 12.2 Å². The van der Waals surface area contributed by atoms with Crippen LogP contribution in [0.2, 0.25) is 0 Å². The zero-order valence-corrected chi connectivity index (χ0v) is 12.6. The van der Waals surface area contributed by atoms with Gasteiger partial charge in [0.05, 0.1) is 5.69 Å². The van der Waals surface area contributed by atoms with Crippen molar-refractivity contribution in [2.75, 3.05) is 12.0 Å². The Balaban J connectivity index is 2.37. The van der Waals surface area contributed by atoms with Crippen LogP contribution in [0, 0.1) is 0 Å². The molecule has 0 radical (unpaired) electrons. The summed E-state index contributed by atoms with van der Waals surface area (Å²) in [6, 6.07) is 1.66. The summed E-state index contributed by atoms with van der Waals surface area (Å²) in [6.07, 6.45) is 7.68. The van der Waals surface area contributed by atoms with Crippen molar-refractivity contribution >= 4 is 15.7 Å². The van der Waals surface area contributed by atoms with Crippen LogP contribution in [0.15, 0.2) is 23.4 Å². The van der Waals surface area contributed by atoms with Gasteiger partial charge in [-0.2, -0.15) is 4.31 Å². The Morgan fingerprint density at radius 2 is 2.30 bits per heavy atom. The molecule has 2 heterocycles. The number of piperidine rings is 1. The van der Waals surface area contributed by atoms with E-state index in [1.807, 2.05) is 0 Å². The van der Waals surface area contributed by atoms with Crippen LogP contribution in [0.1, 0.15) is 39.0 Å². The fourth-order valence-corrected chi connectivity index (χ4v) is 4.57. The second kappa shape index (κ2) is 6.51. The van der Waals surface area contributed by atoms with Gasteiger partial charge >= 0.3 is 0 Å². The molecular formula is C13H22N4O2S. The van der Waals surface area contributed by atoms with Gasteiger partial charge in [-0.05, 0) is 25.3 Å². The molecule has 1 saturated heterocycles. The number of nitrogens with zero attached hydrogens (tertiary/aromatic N) is 2. The lowest BCUT2D eigenvalue weighted by molar-refractivity contribution is 0.239. The van der Waals surface area contributed by atoms with E-state index in [-0.39, 0.29) is 10.9 Å². The van der Waals surface area contributed by atoms with Crippen molar-refractivity contribution in [3.63, 3.8) is 0 Å². The van der Waals surface area contributed by atoms with Gasteiger partial charge in [0.15, 0.2) is 0 Å². The first-order chi connectivity index (χ1) is 9.61. The van der Waals surface area contributed by atoms with Crippen molar-refractivity contribution in [1.82, 2.24) is 9.29 Å². The third-order valence-corrected chi connectivity index (χ3v) is 5.70. The summed E-state index contributed by atoms with van der Waals surface area (Å²) in [5.41, 5.74) is 2.83. The highest BCUT2D eigenvalue weighted by molar-refractivity contribution is 7.89. The number of hydrazine groups is 1. The second-order valence-electron chi connectivity index (χ2n) is 5.07. The average Bonchev–Trinajstić information content (AvgIpc) is 2.48. The first-order valence-electron chi connectivity index (χ1n) is 7.03. The monoisotopic (exact) mass is 298 g/mol. The Bertz CT molecular complexity index is 545. The largest absolute Gasteiger partial charge is 0.323 e. The fourth-order valence-electron chi connectivity index (χ4n) is 2.74. The molecule has 20 heavy (non-hydrogen) atoms. The van der Waals surface area contributed by atoms with Crippen LogP contribution in [-0.2, 0) is 10.0 Å². The van der Waals surface area contributed by atoms with E-state index >= 15 is 0 Å². The Labute approximate surface area is 120 Å². The standard InChI is InChI=1S/C13H22N4O2S/c1-2-5-11-6-3-4-9-17(11)20(18,19)13-10-15-8-7-12(13)16-14/h7-8,10-11H,2-6,9,14H2,1H3,(H,15,16). The molecule has 0 aliphatic carbocycles. The molecule has 2 rings (SSSR count). The first kappa shape index (κ1) is 15.2. The Morgan fingerprint density at radius 1 is 1.50 bits per heavy atom. The van der Waals surface area contributed by atoms with Gasteiger partial charge in [-0.3, -0.25) is 10.8 Å². The van der Waals surface area contributed by atoms with Crippen molar-refractivity contribution in [1.29, 1.82) is 0 Å². The number of sulfonamides is 1. The molecule has 1 fully saturated rings. The van der Waals surface area contributed by atoms with Crippen LogP contribution >= 0.6 is 0 Å². The predicted octanol–water partition coefficient (Wildman–Crippen LogP) is 1.71. The maximum absolute atomic E-state index is 12.8. The van der Waals surface area contributed by atoms with Gasteiger partial charge < -0.3 is 5.43 Å². The smallest absolute Gasteiger partial charge is 0.246 e. The summed E-state index contributed by atoms with van der Waals surface area (Å²) in [4.78, 5) is 4.08. The van der Waals surface area contributed by atoms with Crippen molar-refractivity contribution in [3.05, 3.63) is 18.5 Å². The zero-order valence-electron chi connectivity index (χ0n) is 11.7. The molecule has 1 aromatic rings. The summed E-state index contributed by atoms with van der Waals surface area (Å²) in [6.45, 7) is 2.66. The van der Waals surface area contributed by atoms with Gasteiger partial charge in [0, 0.05) is 25.0 Å². The lowest BCUT2D eigenvalue weighted by Crippen LogP contribution is -2.43. The fraction of sp³-hybridized carbons (Fsp3) is 0.615. The predicted molar refractivity (Wildman–Crippen MR) is 78.5 cm³/mol. The molecule has 0 saturated carbocycles. The van der Waals surface area contributed by atoms with Gasteiger partial charge in [0.2, 0.25) is 10.0 Å². The molecule has 7 heteroatoms. The Morgan fingerprint density at radius 3 is 3.00 bits per heavy atom. The third-order valence-electron chi connectivity index (χ3n) is 3.72. The topological polar surface area (TPSA) is 88.3 Å². The highest BCUT2D eigenvalue weighted by atomic mass is 32.2. The highest BCUT2D eigenvalue weighted by Gasteiger charge is 2.34. The Hall–Kier alpha value is -1.18. The number of hydrogen-bond acceptors (Lipinski definition) is 5. The van der Waals surface area contributed by atoms with E-state index in [4.69, 9.17) is 5.84 Å². The van der Waals surface area contributed by atoms with Crippen LogP contribution in [0.25, 0.3) is 0 Å². The zero-order chi connectivity index (χ0) is 14.6. The minimum atomic E-state index is -3.55. The molecule has 6 nitrogen and oxygen atoms in total. The maximum atomic E-state index is 12.8. The van der Waals surface area contributed by atoms with E-state index in [1.165, 1.54) is 12.4 Å². The molecule has 1 aliphatic rings. The van der Waals surface area contributed by atoms with Crippen molar-refractivity contribution in [3.8, 4) is 0 Å². The van der Waals surface area contributed by atoms with E-state index in [9.17, 15) is 8.42 Å². The minimum Gasteiger partial charge on any atom is -0.323 e. The number of rotatable bonds is 5. The van der Waals surface area contributed by atoms with E-state index in [0.717, 1.165) is 32.1 Å². The van der Waals surface area contributed by atoms with Gasteiger partial charge in [0.1, 0.15) is 4.90 Å². The minimum absolute atomic E-state index is 0.0876. The third kappa shape index (κ3) is 2.94. The van der Waals surface area contributed by atoms with Gasteiger partial charge in [0.25, 0.3) is 0 Å². The number of nitrogens with two attached hydrogens (primary N) is 1. The lowest BCUT2D eigenvalue weighted by atomic mass is 10.0. The van der Waals surface area contributed by atoms with Gasteiger partial charge in [-0.25, -0.2) is 8.42 Å². The van der Waals surface area contributed by atoms with Gasteiger partial charge in [-0.1, -0.05) is 19.8 Å². The molecule has 0 aromatic carbocycles. The van der Waals surface area contributed by atoms with Gasteiger partial charge in [-0.15, -0.1) is 0 Å². The molecule has 3 N–H and O–H groups in total. The van der Waals surface area contributed by atoms with E-state index < -0.39 is 10.0 Å². The molecular weight excluding hydrogens is 276 g/mol. The summed E-state index contributed by atoms with van der Waals surface area (Å²) >= 11 is 0. The summed E-state index contributed by atoms with van der Waals surface area (Å²) < 4.78 is 27.3. The van der Waals surface area contributed by atoms with Crippen LogP contribution in [0.5, 0.6) is 0 Å². The van der Waals surface area contributed by atoms with Crippen LogP contribution in [0.4, 0.5) is 5.69 Å². The Kier molecular flexibility index (Phi) is 4.95. The van der Waals surface area contributed by atoms with Crippen molar-refractivity contribution in [2.45, 2.75) is 50.0 Å². The molecule has 0 amide bonds. The van der Waals surface area contributed by atoms with Crippen molar-refractivity contribution in [2.24, 2.45) is 5.84 Å². The molecule has 1 aromatic heterocycles. The molecule has 1 aliphatic heterocycles. The average molecular weight is 298 g/mol. The molecule has 0 spiro atoms. The maximum Gasteiger partial charge on any atom is 0.246 e. The van der Waals surface area contributed by atoms with Crippen molar-refractivity contribution < 1.29 is 8.42 Å². The van der Waals surface area contributed by atoms with Crippen LogP contribution in [0.3, 0.4) is 0 Å². The number of anilines is 1. The van der Waals surface area contributed by atoms with Crippen LogP contribution in [-0.4, -0.2) is 30.3 Å². The second-order valence-corrected chi connectivity index (χ2v) is 6.93. The van der Waals surface area contributed by atoms with E-state index in [2.05, 4.69) is 17.3 Å². The molecule has 0 bridgehead atoms. The van der Waals surface area contributed by atoms with Crippen LogP contribution < -0.4 is 11.3 Å². The number of nitrogen functional groups attached to an aromatic ring is 1. The number of pyridine rings is 1. The number of nitrogens with one attached hydrogen (secondary N) is 1. The first-order valence-corrected chi connectivity index (χ1v) is 8.47.